The zero-order chi connectivity index (χ0) is 25.7. The zero-order valence-corrected chi connectivity index (χ0v) is 19.1. The van der Waals surface area contributed by atoms with Gasteiger partial charge in [-0.2, -0.15) is 13.2 Å². The van der Waals surface area contributed by atoms with Crippen LogP contribution in [0.2, 0.25) is 0 Å². The quantitative estimate of drug-likeness (QED) is 0.434. The van der Waals surface area contributed by atoms with Crippen LogP contribution >= 0.6 is 0 Å². The van der Waals surface area contributed by atoms with Crippen molar-refractivity contribution in [3.63, 3.8) is 0 Å². The van der Waals surface area contributed by atoms with Gasteiger partial charge in [-0.3, -0.25) is 9.78 Å². The molecule has 0 radical (unpaired) electrons. The van der Waals surface area contributed by atoms with Crippen LogP contribution in [0.25, 0.3) is 16.7 Å². The predicted octanol–water partition coefficient (Wildman–Crippen LogP) is 5.84. The standard InChI is InChI=1S/C28H23F3N2O3/c29-28(30,31)23-13-10-21(11-14-23)22-12-15-24(32-17-22)26(34)33-25(27(35)36)16-18-6-8-20(9-7-18)19-4-2-1-3-5-19/h1-10,12-13,15,17,25H,11,14,16H2,(H,33,34)(H,35,36)/t25-/m0/s1. The first-order valence-electron chi connectivity index (χ1n) is 11.3. The number of benzene rings is 2. The summed E-state index contributed by atoms with van der Waals surface area (Å²) in [6, 6.07) is 19.1. The summed E-state index contributed by atoms with van der Waals surface area (Å²) in [7, 11) is 0. The van der Waals surface area contributed by atoms with Crippen LogP contribution in [-0.4, -0.2) is 34.2 Å². The zero-order valence-electron chi connectivity index (χ0n) is 19.1. The second-order valence-electron chi connectivity index (χ2n) is 8.45. The SMILES string of the molecule is O=C(N[C@@H](Cc1ccc(-c2ccccc2)cc1)C(=O)O)c1ccc(C2=CC=C(C(F)(F)F)CC2)cn1. The minimum Gasteiger partial charge on any atom is -0.480 e. The minimum atomic E-state index is -4.34. The molecule has 1 atom stereocenters. The van der Waals surface area contributed by atoms with Crippen LogP contribution in [0.15, 0.2) is 90.7 Å². The highest BCUT2D eigenvalue weighted by Gasteiger charge is 2.33. The molecule has 5 nitrogen and oxygen atoms in total. The summed E-state index contributed by atoms with van der Waals surface area (Å²) in [6.45, 7) is 0. The molecule has 1 heterocycles. The Bertz CT molecular complexity index is 1300. The molecule has 1 aliphatic rings. The molecule has 3 aromatic rings. The smallest absolute Gasteiger partial charge is 0.412 e. The normalized spacial score (nSPS) is 14.4. The fourth-order valence-electron chi connectivity index (χ4n) is 3.96. The number of allylic oxidation sites excluding steroid dienone is 4. The number of aliphatic carboxylic acids is 1. The summed E-state index contributed by atoms with van der Waals surface area (Å²) < 4.78 is 38.4. The maximum absolute atomic E-state index is 12.8. The fourth-order valence-corrected chi connectivity index (χ4v) is 3.96. The van der Waals surface area contributed by atoms with Crippen molar-refractivity contribution in [1.82, 2.24) is 10.3 Å². The first-order valence-corrected chi connectivity index (χ1v) is 11.3. The Morgan fingerprint density at radius 2 is 1.56 bits per heavy atom. The van der Waals surface area contributed by atoms with Crippen LogP contribution in [0.5, 0.6) is 0 Å². The molecule has 0 fully saturated rings. The van der Waals surface area contributed by atoms with E-state index in [1.54, 1.807) is 6.07 Å². The number of nitrogens with zero attached hydrogens (tertiary/aromatic N) is 1. The first kappa shape index (κ1) is 24.9. The highest BCUT2D eigenvalue weighted by atomic mass is 19.4. The van der Waals surface area contributed by atoms with Gasteiger partial charge < -0.3 is 10.4 Å². The lowest BCUT2D eigenvalue weighted by Gasteiger charge is -2.17. The van der Waals surface area contributed by atoms with E-state index in [0.29, 0.717) is 11.1 Å². The average molecular weight is 492 g/mol. The molecule has 8 heteroatoms. The minimum absolute atomic E-state index is 0.0207. The molecule has 0 saturated carbocycles. The Morgan fingerprint density at radius 1 is 0.889 bits per heavy atom. The van der Waals surface area contributed by atoms with Crippen LogP contribution in [0.4, 0.5) is 13.2 Å². The molecule has 184 valence electrons. The van der Waals surface area contributed by atoms with E-state index < -0.39 is 29.7 Å². The second kappa shape index (κ2) is 10.6. The lowest BCUT2D eigenvalue weighted by molar-refractivity contribution is -0.139. The maximum Gasteiger partial charge on any atom is 0.412 e. The van der Waals surface area contributed by atoms with Crippen LogP contribution in [0.3, 0.4) is 0 Å². The molecule has 0 unspecified atom stereocenters. The van der Waals surface area contributed by atoms with Crippen LogP contribution in [-0.2, 0) is 11.2 Å². The molecule has 36 heavy (non-hydrogen) atoms. The molecule has 0 spiro atoms. The number of hydrogen-bond acceptors (Lipinski definition) is 3. The number of carboxylic acid groups (broad SMARTS) is 1. The number of carboxylic acids is 1. The van der Waals surface area contributed by atoms with Crippen molar-refractivity contribution in [2.75, 3.05) is 0 Å². The Hall–Kier alpha value is -4.20. The lowest BCUT2D eigenvalue weighted by atomic mass is 9.94. The van der Waals surface area contributed by atoms with E-state index in [1.807, 2.05) is 54.6 Å². The van der Waals surface area contributed by atoms with Gasteiger partial charge in [0.05, 0.1) is 0 Å². The first-order chi connectivity index (χ1) is 17.2. The fraction of sp³-hybridized carbons (Fsp3) is 0.179. The van der Waals surface area contributed by atoms with Gasteiger partial charge in [-0.1, -0.05) is 72.8 Å². The van der Waals surface area contributed by atoms with Crippen molar-refractivity contribution in [2.24, 2.45) is 0 Å². The molecular weight excluding hydrogens is 469 g/mol. The monoisotopic (exact) mass is 492 g/mol. The second-order valence-corrected chi connectivity index (χ2v) is 8.45. The number of rotatable bonds is 7. The van der Waals surface area contributed by atoms with Gasteiger partial charge >= 0.3 is 12.1 Å². The molecule has 4 rings (SSSR count). The lowest BCUT2D eigenvalue weighted by Crippen LogP contribution is -2.42. The van der Waals surface area contributed by atoms with Gasteiger partial charge in [-0.25, -0.2) is 4.79 Å². The van der Waals surface area contributed by atoms with Gasteiger partial charge in [0.2, 0.25) is 0 Å². The largest absolute Gasteiger partial charge is 0.480 e. The number of amides is 1. The third kappa shape index (κ3) is 6.07. The average Bonchev–Trinajstić information content (AvgIpc) is 2.89. The summed E-state index contributed by atoms with van der Waals surface area (Å²) in [5.74, 6) is -1.82. The molecule has 0 bridgehead atoms. The molecular formula is C28H23F3N2O3. The maximum atomic E-state index is 12.8. The Balaban J connectivity index is 1.41. The Labute approximate surface area is 206 Å². The number of aromatic nitrogens is 1. The third-order valence-corrected chi connectivity index (χ3v) is 5.98. The van der Waals surface area contributed by atoms with Crippen LogP contribution < -0.4 is 5.32 Å². The molecule has 2 N–H and O–H groups in total. The summed E-state index contributed by atoms with van der Waals surface area (Å²) in [6.07, 6.45) is -0.282. The van der Waals surface area contributed by atoms with Crippen molar-refractivity contribution in [2.45, 2.75) is 31.5 Å². The predicted molar refractivity (Wildman–Crippen MR) is 130 cm³/mol. The van der Waals surface area contributed by atoms with Gasteiger partial charge in [-0.05, 0) is 46.7 Å². The third-order valence-electron chi connectivity index (χ3n) is 5.98. The van der Waals surface area contributed by atoms with E-state index in [0.717, 1.165) is 22.8 Å². The Kier molecular flexibility index (Phi) is 7.33. The van der Waals surface area contributed by atoms with E-state index in [2.05, 4.69) is 10.3 Å². The van der Waals surface area contributed by atoms with Crippen molar-refractivity contribution in [1.29, 1.82) is 0 Å². The topological polar surface area (TPSA) is 79.3 Å². The molecule has 1 aromatic heterocycles. The summed E-state index contributed by atoms with van der Waals surface area (Å²) >= 11 is 0. The van der Waals surface area contributed by atoms with Crippen molar-refractivity contribution < 1.29 is 27.9 Å². The van der Waals surface area contributed by atoms with E-state index in [4.69, 9.17) is 0 Å². The molecule has 1 amide bonds. The van der Waals surface area contributed by atoms with Gasteiger partial charge in [0.25, 0.3) is 5.91 Å². The van der Waals surface area contributed by atoms with Gasteiger partial charge in [0, 0.05) is 18.2 Å². The number of nitrogens with one attached hydrogen (secondary N) is 1. The van der Waals surface area contributed by atoms with E-state index in [-0.39, 0.29) is 25.0 Å². The number of carbonyl (C=O) groups is 2. The van der Waals surface area contributed by atoms with E-state index in [1.165, 1.54) is 18.3 Å². The van der Waals surface area contributed by atoms with Gasteiger partial charge in [0.1, 0.15) is 11.7 Å². The number of pyridine rings is 1. The number of carbonyl (C=O) groups excluding carboxylic acids is 1. The molecule has 2 aromatic carbocycles. The highest BCUT2D eigenvalue weighted by Crippen LogP contribution is 2.35. The Morgan fingerprint density at radius 3 is 2.11 bits per heavy atom. The summed E-state index contributed by atoms with van der Waals surface area (Å²) in [5, 5.41) is 12.1. The molecule has 1 aliphatic carbocycles. The van der Waals surface area contributed by atoms with Gasteiger partial charge in [-0.15, -0.1) is 0 Å². The van der Waals surface area contributed by atoms with Gasteiger partial charge in [0.15, 0.2) is 0 Å². The summed E-state index contributed by atoms with van der Waals surface area (Å²) in [5.41, 5.74) is 3.53. The summed E-state index contributed by atoms with van der Waals surface area (Å²) in [4.78, 5) is 28.5. The van der Waals surface area contributed by atoms with Crippen molar-refractivity contribution >= 4 is 17.4 Å². The van der Waals surface area contributed by atoms with Crippen LogP contribution in [0.1, 0.15) is 34.5 Å². The highest BCUT2D eigenvalue weighted by molar-refractivity contribution is 5.95. The molecule has 0 aliphatic heterocycles. The number of alkyl halides is 3. The van der Waals surface area contributed by atoms with E-state index >= 15 is 0 Å². The van der Waals surface area contributed by atoms with Crippen LogP contribution in [0, 0.1) is 0 Å². The van der Waals surface area contributed by atoms with Crippen molar-refractivity contribution in [3.8, 4) is 11.1 Å². The molecule has 0 saturated heterocycles. The number of halogens is 3. The van der Waals surface area contributed by atoms with E-state index in [9.17, 15) is 27.9 Å². The number of hydrogen-bond donors (Lipinski definition) is 2. The van der Waals surface area contributed by atoms with Crippen molar-refractivity contribution in [3.05, 3.63) is 107 Å².